The van der Waals surface area contributed by atoms with Crippen LogP contribution >= 0.6 is 0 Å². The first-order valence-electron chi connectivity index (χ1n) is 11.6. The first-order valence-corrected chi connectivity index (χ1v) is 11.6. The number of hydrogen-bond donors (Lipinski definition) is 0. The van der Waals surface area contributed by atoms with Gasteiger partial charge in [-0.2, -0.15) is 5.10 Å². The lowest BCUT2D eigenvalue weighted by Gasteiger charge is -2.38. The predicted octanol–water partition coefficient (Wildman–Crippen LogP) is 4.21. The molecule has 1 fully saturated rings. The third-order valence-corrected chi connectivity index (χ3v) is 6.56. The van der Waals surface area contributed by atoms with E-state index >= 15 is 0 Å². The minimum absolute atomic E-state index is 0.180. The van der Waals surface area contributed by atoms with Gasteiger partial charge >= 0.3 is 5.97 Å². The minimum atomic E-state index is -0.300. The lowest BCUT2D eigenvalue weighted by Crippen LogP contribution is -2.41. The molecule has 0 aromatic carbocycles. The summed E-state index contributed by atoms with van der Waals surface area (Å²) in [5, 5.41) is 4.56. The van der Waals surface area contributed by atoms with Crippen LogP contribution in [0.15, 0.2) is 37.2 Å². The molecule has 3 aromatic rings. The number of piperidine rings is 1. The highest BCUT2D eigenvalue weighted by molar-refractivity contribution is 5.94. The molecule has 3 aromatic heterocycles. The number of carbonyl (C=O) groups is 1. The van der Waals surface area contributed by atoms with E-state index in [-0.39, 0.29) is 12.1 Å². The van der Waals surface area contributed by atoms with Crippen molar-refractivity contribution in [2.45, 2.75) is 45.8 Å². The van der Waals surface area contributed by atoms with Gasteiger partial charge in [0.15, 0.2) is 0 Å². The molecule has 0 bridgehead atoms. The second-order valence-electron chi connectivity index (χ2n) is 9.51. The van der Waals surface area contributed by atoms with E-state index in [4.69, 9.17) is 4.74 Å². The SMILES string of the molecule is C=C(c1c(C)c(C(=O)OC(C)C)cc2cc(-c3ccn(C)n3)cn12)N1CCC(N(C)C)CC1. The standard InChI is InChI=1S/C26H35N5O2/c1-17(2)33-26(32)23-15-22-14-20(24-10-11-29(7)27-24)16-31(22)25(18(23)3)19(4)30-12-8-21(9-13-30)28(5)6/h10-11,14-17,21H,4,8-9,12-13H2,1-3,5-7H3. The molecule has 0 saturated carbocycles. The lowest BCUT2D eigenvalue weighted by molar-refractivity contribution is 0.0377. The number of likely N-dealkylation sites (tertiary alicyclic amines) is 1. The Hall–Kier alpha value is -3.06. The van der Waals surface area contributed by atoms with Crippen molar-refractivity contribution in [1.82, 2.24) is 24.0 Å². The summed E-state index contributed by atoms with van der Waals surface area (Å²) >= 11 is 0. The number of pyridine rings is 1. The molecule has 0 unspecified atom stereocenters. The van der Waals surface area contributed by atoms with Crippen molar-refractivity contribution in [1.29, 1.82) is 0 Å². The van der Waals surface area contributed by atoms with E-state index in [1.807, 2.05) is 46.1 Å². The first kappa shape index (κ1) is 23.1. The van der Waals surface area contributed by atoms with Crippen molar-refractivity contribution in [2.75, 3.05) is 27.2 Å². The van der Waals surface area contributed by atoms with E-state index in [0.717, 1.165) is 59.7 Å². The van der Waals surface area contributed by atoms with Gasteiger partial charge in [0.1, 0.15) is 0 Å². The number of carbonyl (C=O) groups excluding carboxylic acids is 1. The highest BCUT2D eigenvalue weighted by Crippen LogP contribution is 2.32. The first-order chi connectivity index (χ1) is 15.7. The highest BCUT2D eigenvalue weighted by Gasteiger charge is 2.26. The molecule has 7 heteroatoms. The fraction of sp³-hybridized carbons (Fsp3) is 0.462. The normalized spacial score (nSPS) is 15.1. The molecule has 4 rings (SSSR count). The Labute approximate surface area is 196 Å². The quantitative estimate of drug-likeness (QED) is 0.528. The second kappa shape index (κ2) is 9.06. The molecule has 33 heavy (non-hydrogen) atoms. The van der Waals surface area contributed by atoms with Crippen molar-refractivity contribution < 1.29 is 9.53 Å². The topological polar surface area (TPSA) is 55.0 Å². The van der Waals surface area contributed by atoms with Crippen LogP contribution < -0.4 is 0 Å². The lowest BCUT2D eigenvalue weighted by atomic mass is 10.0. The molecular formula is C26H35N5O2. The van der Waals surface area contributed by atoms with Gasteiger partial charge in [-0.25, -0.2) is 4.79 Å². The number of esters is 1. The van der Waals surface area contributed by atoms with E-state index in [1.54, 1.807) is 4.68 Å². The molecule has 7 nitrogen and oxygen atoms in total. The molecule has 0 aliphatic carbocycles. The summed E-state index contributed by atoms with van der Waals surface area (Å²) in [6, 6.07) is 6.57. The Morgan fingerprint density at radius 3 is 2.52 bits per heavy atom. The van der Waals surface area contributed by atoms with Crippen LogP contribution in [0.5, 0.6) is 0 Å². The number of fused-ring (bicyclic) bond motifs is 1. The van der Waals surface area contributed by atoms with Crippen molar-refractivity contribution in [3.05, 3.63) is 54.0 Å². The Morgan fingerprint density at radius 2 is 1.94 bits per heavy atom. The van der Waals surface area contributed by atoms with Crippen LogP contribution in [0.1, 0.15) is 48.3 Å². The summed E-state index contributed by atoms with van der Waals surface area (Å²) in [6.07, 6.45) is 6.03. The minimum Gasteiger partial charge on any atom is -0.459 e. The van der Waals surface area contributed by atoms with E-state index < -0.39 is 0 Å². The summed E-state index contributed by atoms with van der Waals surface area (Å²) in [5.41, 5.74) is 6.19. The molecule has 176 valence electrons. The molecule has 1 saturated heterocycles. The number of aryl methyl sites for hydroxylation is 1. The van der Waals surface area contributed by atoms with Crippen molar-refractivity contribution >= 4 is 17.2 Å². The Morgan fingerprint density at radius 1 is 1.24 bits per heavy atom. The molecule has 0 N–H and O–H groups in total. The Bertz CT molecular complexity index is 1180. The fourth-order valence-electron chi connectivity index (χ4n) is 4.71. The average Bonchev–Trinajstić information content (AvgIpc) is 3.38. The highest BCUT2D eigenvalue weighted by atomic mass is 16.5. The average molecular weight is 450 g/mol. The summed E-state index contributed by atoms with van der Waals surface area (Å²) in [4.78, 5) is 17.6. The number of ether oxygens (including phenoxy) is 1. The molecule has 0 amide bonds. The third-order valence-electron chi connectivity index (χ3n) is 6.56. The maximum Gasteiger partial charge on any atom is 0.338 e. The second-order valence-corrected chi connectivity index (χ2v) is 9.51. The number of aromatic nitrogens is 3. The third kappa shape index (κ3) is 4.55. The van der Waals surface area contributed by atoms with Gasteiger partial charge in [0, 0.05) is 49.7 Å². The zero-order valence-corrected chi connectivity index (χ0v) is 20.6. The zero-order chi connectivity index (χ0) is 23.9. The van der Waals surface area contributed by atoms with E-state index in [1.165, 1.54) is 0 Å². The zero-order valence-electron chi connectivity index (χ0n) is 20.6. The Kier molecular flexibility index (Phi) is 6.34. The number of hydrogen-bond acceptors (Lipinski definition) is 5. The van der Waals surface area contributed by atoms with E-state index in [0.29, 0.717) is 11.6 Å². The van der Waals surface area contributed by atoms with E-state index in [9.17, 15) is 4.79 Å². The van der Waals surface area contributed by atoms with Crippen molar-refractivity contribution in [3.63, 3.8) is 0 Å². The van der Waals surface area contributed by atoms with Gasteiger partial charge in [0.05, 0.1) is 28.8 Å². The number of nitrogens with zero attached hydrogens (tertiary/aromatic N) is 5. The summed E-state index contributed by atoms with van der Waals surface area (Å²) < 4.78 is 9.51. The maximum absolute atomic E-state index is 13.0. The molecule has 1 aliphatic rings. The van der Waals surface area contributed by atoms with Crippen LogP contribution in [0.25, 0.3) is 22.5 Å². The van der Waals surface area contributed by atoms with Gasteiger partial charge in [-0.3, -0.25) is 4.68 Å². The van der Waals surface area contributed by atoms with Gasteiger partial charge in [0.2, 0.25) is 0 Å². The largest absolute Gasteiger partial charge is 0.459 e. The van der Waals surface area contributed by atoms with Gasteiger partial charge < -0.3 is 18.9 Å². The van der Waals surface area contributed by atoms with Crippen molar-refractivity contribution in [3.8, 4) is 11.3 Å². The van der Waals surface area contributed by atoms with Gasteiger partial charge in [0.25, 0.3) is 0 Å². The smallest absolute Gasteiger partial charge is 0.338 e. The Balaban J connectivity index is 1.79. The molecule has 0 atom stereocenters. The van der Waals surface area contributed by atoms with Crippen molar-refractivity contribution in [2.24, 2.45) is 7.05 Å². The molecule has 0 spiro atoms. The van der Waals surface area contributed by atoms with Crippen LogP contribution in [0, 0.1) is 6.92 Å². The summed E-state index contributed by atoms with van der Waals surface area (Å²) in [5.74, 6) is -0.300. The van der Waals surface area contributed by atoms with Gasteiger partial charge in [-0.05, 0) is 71.5 Å². The van der Waals surface area contributed by atoms with Crippen LogP contribution in [0.4, 0.5) is 0 Å². The van der Waals surface area contributed by atoms with Crippen LogP contribution in [0.3, 0.4) is 0 Å². The van der Waals surface area contributed by atoms with Gasteiger partial charge in [-0.15, -0.1) is 0 Å². The fourth-order valence-corrected chi connectivity index (χ4v) is 4.71. The summed E-state index contributed by atoms with van der Waals surface area (Å²) in [6.45, 7) is 12.1. The monoisotopic (exact) mass is 449 g/mol. The molecule has 4 heterocycles. The van der Waals surface area contributed by atoms with Crippen LogP contribution in [0.2, 0.25) is 0 Å². The maximum atomic E-state index is 13.0. The van der Waals surface area contributed by atoms with E-state index in [2.05, 4.69) is 52.2 Å². The number of rotatable bonds is 6. The predicted molar refractivity (Wildman–Crippen MR) is 132 cm³/mol. The summed E-state index contributed by atoms with van der Waals surface area (Å²) in [7, 11) is 6.20. The van der Waals surface area contributed by atoms with Gasteiger partial charge in [-0.1, -0.05) is 6.58 Å². The van der Waals surface area contributed by atoms with Crippen LogP contribution in [-0.2, 0) is 11.8 Å². The molecule has 1 aliphatic heterocycles. The van der Waals surface area contributed by atoms with Crippen LogP contribution in [-0.4, -0.2) is 69.3 Å². The molecular weight excluding hydrogens is 414 g/mol. The molecule has 0 radical (unpaired) electrons.